The van der Waals surface area contributed by atoms with Crippen LogP contribution in [0.3, 0.4) is 0 Å². The minimum absolute atomic E-state index is 0.194. The Morgan fingerprint density at radius 2 is 2.26 bits per heavy atom. The largest absolute Gasteiger partial charge is 0.465 e. The number of pyridine rings is 1. The van der Waals surface area contributed by atoms with E-state index in [0.717, 1.165) is 10.9 Å². The lowest BCUT2D eigenvalue weighted by Gasteiger charge is -2.05. The summed E-state index contributed by atoms with van der Waals surface area (Å²) in [6.45, 7) is 4.04. The fraction of sp³-hybridized carbons (Fsp3) is 0.357. The summed E-state index contributed by atoms with van der Waals surface area (Å²) < 4.78 is 8.36. The molecular weight excluding hydrogens is 316 g/mol. The molecular formula is C14H16N6O2S. The molecule has 3 rings (SSSR count). The minimum atomic E-state index is -0.399. The molecule has 0 aliphatic rings. The molecule has 3 aromatic heterocycles. The number of hydrogen-bond donors (Lipinski definition) is 0. The van der Waals surface area contributed by atoms with Crippen LogP contribution in [-0.2, 0) is 10.5 Å². The van der Waals surface area contributed by atoms with Crippen LogP contribution in [0.25, 0.3) is 5.65 Å². The van der Waals surface area contributed by atoms with E-state index in [1.165, 1.54) is 18.9 Å². The second-order valence-corrected chi connectivity index (χ2v) is 6.11. The molecule has 0 saturated carbocycles. The molecule has 0 spiro atoms. The van der Waals surface area contributed by atoms with Crippen molar-refractivity contribution in [3.8, 4) is 0 Å². The number of rotatable bonds is 5. The van der Waals surface area contributed by atoms with Gasteiger partial charge in [0, 0.05) is 18.1 Å². The molecule has 0 aromatic carbocycles. The van der Waals surface area contributed by atoms with Crippen molar-refractivity contribution in [2.24, 2.45) is 0 Å². The molecule has 0 fully saturated rings. The maximum atomic E-state index is 11.8. The molecule has 8 nitrogen and oxygen atoms in total. The summed E-state index contributed by atoms with van der Waals surface area (Å²) in [6, 6.07) is 3.68. The lowest BCUT2D eigenvalue weighted by molar-refractivity contribution is 0.0602. The van der Waals surface area contributed by atoms with Gasteiger partial charge in [-0.3, -0.25) is 0 Å². The summed E-state index contributed by atoms with van der Waals surface area (Å²) in [5.74, 6) is 0.208. The number of methoxy groups -OCH3 is 1. The summed E-state index contributed by atoms with van der Waals surface area (Å²) in [7, 11) is 1.36. The number of ether oxygens (including phenoxy) is 1. The van der Waals surface area contributed by atoms with Crippen LogP contribution in [0.4, 0.5) is 0 Å². The van der Waals surface area contributed by atoms with Gasteiger partial charge in [0.1, 0.15) is 5.56 Å². The van der Waals surface area contributed by atoms with E-state index in [9.17, 15) is 4.79 Å². The average molecular weight is 332 g/mol. The zero-order valence-corrected chi connectivity index (χ0v) is 13.8. The molecule has 0 N–H and O–H groups in total. The Morgan fingerprint density at radius 1 is 1.43 bits per heavy atom. The quantitative estimate of drug-likeness (QED) is 0.521. The first-order valence-electron chi connectivity index (χ1n) is 7.05. The fourth-order valence-electron chi connectivity index (χ4n) is 2.15. The Hall–Kier alpha value is -2.42. The molecule has 3 aromatic rings. The highest BCUT2D eigenvalue weighted by atomic mass is 32.2. The third kappa shape index (κ3) is 3.04. The van der Waals surface area contributed by atoms with E-state index >= 15 is 0 Å². The number of carbonyl (C=O) groups excluding carboxylic acids is 1. The lowest BCUT2D eigenvalue weighted by atomic mass is 10.3. The summed E-state index contributed by atoms with van der Waals surface area (Å²) in [5.41, 5.74) is 1.86. The molecule has 0 aliphatic carbocycles. The predicted octanol–water partition coefficient (Wildman–Crippen LogP) is 1.98. The van der Waals surface area contributed by atoms with E-state index in [0.29, 0.717) is 17.0 Å². The van der Waals surface area contributed by atoms with E-state index in [1.807, 2.05) is 30.6 Å². The van der Waals surface area contributed by atoms with Crippen LogP contribution in [0, 0.1) is 0 Å². The molecule has 0 bridgehead atoms. The van der Waals surface area contributed by atoms with Crippen molar-refractivity contribution in [3.05, 3.63) is 35.8 Å². The topological polar surface area (TPSA) is 87.2 Å². The van der Waals surface area contributed by atoms with Crippen molar-refractivity contribution in [2.75, 3.05) is 7.11 Å². The van der Waals surface area contributed by atoms with Gasteiger partial charge in [0.2, 0.25) is 5.16 Å². The smallest absolute Gasteiger partial charge is 0.341 e. The first-order chi connectivity index (χ1) is 11.1. The second-order valence-electron chi connectivity index (χ2n) is 5.17. The Bertz CT molecular complexity index is 841. The van der Waals surface area contributed by atoms with Gasteiger partial charge in [-0.05, 0) is 36.4 Å². The van der Waals surface area contributed by atoms with Crippen LogP contribution in [0.5, 0.6) is 0 Å². The fourth-order valence-corrected chi connectivity index (χ4v) is 3.04. The van der Waals surface area contributed by atoms with Gasteiger partial charge in [0.25, 0.3) is 0 Å². The van der Waals surface area contributed by atoms with Crippen LogP contribution in [0.15, 0.2) is 29.7 Å². The Balaban J connectivity index is 1.84. The highest BCUT2D eigenvalue weighted by Crippen LogP contribution is 2.22. The third-order valence-electron chi connectivity index (χ3n) is 3.24. The molecule has 9 heteroatoms. The standard InChI is InChI=1S/C14H16N6O2S/c1-9(2)20-14(16-17-18-20)23-8-10-7-19-6-4-5-11(12(19)15-10)13(21)22-3/h4-7,9H,8H2,1-3H3. The first-order valence-corrected chi connectivity index (χ1v) is 8.04. The van der Waals surface area contributed by atoms with Crippen molar-refractivity contribution >= 4 is 23.4 Å². The van der Waals surface area contributed by atoms with Crippen LogP contribution < -0.4 is 0 Å². The van der Waals surface area contributed by atoms with Crippen LogP contribution >= 0.6 is 11.8 Å². The molecule has 23 heavy (non-hydrogen) atoms. The van der Waals surface area contributed by atoms with Crippen molar-refractivity contribution in [1.82, 2.24) is 29.6 Å². The SMILES string of the molecule is COC(=O)c1cccn2cc(CSc3nnnn3C(C)C)nc12. The molecule has 0 saturated heterocycles. The van der Waals surface area contributed by atoms with Gasteiger partial charge in [0.15, 0.2) is 5.65 Å². The number of imidazole rings is 1. The van der Waals surface area contributed by atoms with E-state index < -0.39 is 5.97 Å². The average Bonchev–Trinajstić information content (AvgIpc) is 3.17. The predicted molar refractivity (Wildman–Crippen MR) is 84.3 cm³/mol. The van der Waals surface area contributed by atoms with E-state index in [2.05, 4.69) is 20.5 Å². The first kappa shape index (κ1) is 15.5. The van der Waals surface area contributed by atoms with Gasteiger partial charge in [-0.15, -0.1) is 5.10 Å². The normalized spacial score (nSPS) is 11.3. The van der Waals surface area contributed by atoms with Crippen molar-refractivity contribution in [3.63, 3.8) is 0 Å². The van der Waals surface area contributed by atoms with Gasteiger partial charge in [-0.25, -0.2) is 14.5 Å². The molecule has 0 atom stereocenters. The number of hydrogen-bond acceptors (Lipinski definition) is 7. The van der Waals surface area contributed by atoms with Gasteiger partial charge in [-0.1, -0.05) is 11.8 Å². The molecule has 0 aliphatic heterocycles. The van der Waals surface area contributed by atoms with Crippen LogP contribution in [0.2, 0.25) is 0 Å². The van der Waals surface area contributed by atoms with Gasteiger partial charge < -0.3 is 9.14 Å². The van der Waals surface area contributed by atoms with Gasteiger partial charge in [-0.2, -0.15) is 0 Å². The third-order valence-corrected chi connectivity index (χ3v) is 4.21. The van der Waals surface area contributed by atoms with Gasteiger partial charge >= 0.3 is 5.97 Å². The zero-order valence-electron chi connectivity index (χ0n) is 13.0. The van der Waals surface area contributed by atoms with Gasteiger partial charge in [0.05, 0.1) is 18.8 Å². The zero-order chi connectivity index (χ0) is 16.4. The van der Waals surface area contributed by atoms with E-state index in [1.54, 1.807) is 16.8 Å². The molecule has 0 amide bonds. The summed E-state index contributed by atoms with van der Waals surface area (Å²) in [5, 5.41) is 12.4. The molecule has 0 radical (unpaired) electrons. The maximum absolute atomic E-state index is 11.8. The highest BCUT2D eigenvalue weighted by molar-refractivity contribution is 7.98. The van der Waals surface area contributed by atoms with Crippen LogP contribution in [0.1, 0.15) is 35.9 Å². The highest BCUT2D eigenvalue weighted by Gasteiger charge is 2.15. The van der Waals surface area contributed by atoms with Crippen molar-refractivity contribution in [1.29, 1.82) is 0 Å². The number of aromatic nitrogens is 6. The van der Waals surface area contributed by atoms with Crippen LogP contribution in [-0.4, -0.2) is 42.7 Å². The molecule has 120 valence electrons. The number of nitrogens with zero attached hydrogens (tertiary/aromatic N) is 6. The molecule has 3 heterocycles. The Labute approximate surface area is 136 Å². The van der Waals surface area contributed by atoms with Crippen molar-refractivity contribution in [2.45, 2.75) is 30.8 Å². The number of fused-ring (bicyclic) bond motifs is 1. The Morgan fingerprint density at radius 3 is 3.00 bits per heavy atom. The summed E-state index contributed by atoms with van der Waals surface area (Å²) in [6.07, 6.45) is 3.74. The second kappa shape index (κ2) is 6.37. The number of esters is 1. The minimum Gasteiger partial charge on any atom is -0.465 e. The summed E-state index contributed by atoms with van der Waals surface area (Å²) >= 11 is 1.51. The van der Waals surface area contributed by atoms with Crippen molar-refractivity contribution < 1.29 is 9.53 Å². The lowest BCUT2D eigenvalue weighted by Crippen LogP contribution is -2.04. The maximum Gasteiger partial charge on any atom is 0.341 e. The Kier molecular flexibility index (Phi) is 4.28. The summed E-state index contributed by atoms with van der Waals surface area (Å²) in [4.78, 5) is 16.3. The number of thioether (sulfide) groups is 1. The number of tetrazole rings is 1. The monoisotopic (exact) mass is 332 g/mol. The van der Waals surface area contributed by atoms with E-state index in [4.69, 9.17) is 4.74 Å². The number of carbonyl (C=O) groups is 1. The molecule has 0 unspecified atom stereocenters. The van der Waals surface area contributed by atoms with E-state index in [-0.39, 0.29) is 6.04 Å².